The van der Waals surface area contributed by atoms with Crippen LogP contribution in [0.1, 0.15) is 32.8 Å². The molecule has 1 aromatic rings. The summed E-state index contributed by atoms with van der Waals surface area (Å²) in [5.74, 6) is 1.58. The van der Waals surface area contributed by atoms with Gasteiger partial charge in [-0.15, -0.1) is 0 Å². The lowest BCUT2D eigenvalue weighted by Gasteiger charge is -2.19. The molecule has 0 atom stereocenters. The van der Waals surface area contributed by atoms with Crippen LogP contribution in [0.3, 0.4) is 0 Å². The van der Waals surface area contributed by atoms with Crippen molar-refractivity contribution in [2.45, 2.75) is 32.6 Å². The Balaban J connectivity index is 2.25. The third kappa shape index (κ3) is 6.53. The number of thioether (sulfide) groups is 1. The van der Waals surface area contributed by atoms with Gasteiger partial charge in [0, 0.05) is 11.5 Å². The number of rotatable bonds is 7. The molecule has 19 heavy (non-hydrogen) atoms. The molecule has 0 fully saturated rings. The number of benzene rings is 1. The summed E-state index contributed by atoms with van der Waals surface area (Å²) in [6.07, 6.45) is 0.213. The van der Waals surface area contributed by atoms with Crippen LogP contribution in [0.4, 0.5) is 0 Å². The van der Waals surface area contributed by atoms with Gasteiger partial charge in [0.25, 0.3) is 0 Å². The van der Waals surface area contributed by atoms with Crippen LogP contribution in [0.25, 0.3) is 0 Å². The molecule has 0 aliphatic carbocycles. The standard InChI is InChI=1S/C15H22O3S/c1-15(2,3)12-4-6-13(7-5-12)18-9-11-19-10-8-14(16)17/h4-7H,8-11H2,1-3H3,(H,16,17). The Morgan fingerprint density at radius 1 is 1.21 bits per heavy atom. The largest absolute Gasteiger partial charge is 0.493 e. The fourth-order valence-corrected chi connectivity index (χ4v) is 2.26. The quantitative estimate of drug-likeness (QED) is 0.777. The van der Waals surface area contributed by atoms with Crippen molar-refractivity contribution in [2.75, 3.05) is 18.1 Å². The van der Waals surface area contributed by atoms with Gasteiger partial charge < -0.3 is 9.84 Å². The van der Waals surface area contributed by atoms with E-state index in [9.17, 15) is 4.79 Å². The highest BCUT2D eigenvalue weighted by Gasteiger charge is 2.12. The maximum Gasteiger partial charge on any atom is 0.304 e. The van der Waals surface area contributed by atoms with Crippen molar-refractivity contribution < 1.29 is 14.6 Å². The summed E-state index contributed by atoms with van der Waals surface area (Å²) >= 11 is 1.60. The van der Waals surface area contributed by atoms with Crippen LogP contribution >= 0.6 is 11.8 Å². The van der Waals surface area contributed by atoms with Crippen molar-refractivity contribution in [1.29, 1.82) is 0 Å². The van der Waals surface area contributed by atoms with Crippen molar-refractivity contribution >= 4 is 17.7 Å². The average molecular weight is 282 g/mol. The Morgan fingerprint density at radius 3 is 2.37 bits per heavy atom. The van der Waals surface area contributed by atoms with Crippen LogP contribution in [0.5, 0.6) is 5.75 Å². The summed E-state index contributed by atoms with van der Waals surface area (Å²) in [5.41, 5.74) is 1.45. The molecule has 0 bridgehead atoms. The smallest absolute Gasteiger partial charge is 0.304 e. The van der Waals surface area contributed by atoms with Gasteiger partial charge in [0.15, 0.2) is 0 Å². The molecule has 0 radical (unpaired) electrons. The SMILES string of the molecule is CC(C)(C)c1ccc(OCCSCCC(=O)O)cc1. The zero-order chi connectivity index (χ0) is 14.3. The van der Waals surface area contributed by atoms with Gasteiger partial charge in [-0.2, -0.15) is 11.8 Å². The van der Waals surface area contributed by atoms with E-state index in [2.05, 4.69) is 32.9 Å². The molecule has 1 rings (SSSR count). The second kappa shape index (κ2) is 7.43. The van der Waals surface area contributed by atoms with E-state index in [1.165, 1.54) is 5.56 Å². The molecule has 0 aliphatic rings. The van der Waals surface area contributed by atoms with E-state index >= 15 is 0 Å². The molecule has 4 heteroatoms. The van der Waals surface area contributed by atoms with Gasteiger partial charge in [-0.1, -0.05) is 32.9 Å². The first-order valence-corrected chi connectivity index (χ1v) is 7.58. The topological polar surface area (TPSA) is 46.5 Å². The van der Waals surface area contributed by atoms with Crippen molar-refractivity contribution in [3.8, 4) is 5.75 Å². The predicted molar refractivity (Wildman–Crippen MR) is 80.2 cm³/mol. The molecule has 0 saturated carbocycles. The van der Waals surface area contributed by atoms with Crippen LogP contribution in [0.2, 0.25) is 0 Å². The van der Waals surface area contributed by atoms with Crippen LogP contribution < -0.4 is 4.74 Å². The van der Waals surface area contributed by atoms with Crippen LogP contribution in [-0.4, -0.2) is 29.2 Å². The van der Waals surface area contributed by atoms with Crippen molar-refractivity contribution in [3.63, 3.8) is 0 Å². The van der Waals surface area contributed by atoms with E-state index in [0.717, 1.165) is 11.5 Å². The first-order valence-electron chi connectivity index (χ1n) is 6.42. The van der Waals surface area contributed by atoms with Crippen molar-refractivity contribution in [3.05, 3.63) is 29.8 Å². The number of carboxylic acid groups (broad SMARTS) is 1. The Morgan fingerprint density at radius 2 is 1.84 bits per heavy atom. The Kier molecular flexibility index (Phi) is 6.22. The number of hydrogen-bond donors (Lipinski definition) is 1. The van der Waals surface area contributed by atoms with Gasteiger partial charge in [-0.3, -0.25) is 4.79 Å². The van der Waals surface area contributed by atoms with Gasteiger partial charge in [0.2, 0.25) is 0 Å². The van der Waals surface area contributed by atoms with E-state index < -0.39 is 5.97 Å². The number of carbonyl (C=O) groups is 1. The maximum atomic E-state index is 10.3. The summed E-state index contributed by atoms with van der Waals surface area (Å²) in [5, 5.41) is 8.50. The van der Waals surface area contributed by atoms with E-state index in [1.54, 1.807) is 11.8 Å². The predicted octanol–water partition coefficient (Wildman–Crippen LogP) is 3.57. The zero-order valence-electron chi connectivity index (χ0n) is 11.8. The van der Waals surface area contributed by atoms with Gasteiger partial charge in [0.05, 0.1) is 13.0 Å². The van der Waals surface area contributed by atoms with E-state index in [0.29, 0.717) is 12.4 Å². The second-order valence-electron chi connectivity index (χ2n) is 5.38. The molecule has 106 valence electrons. The molecule has 1 aromatic carbocycles. The summed E-state index contributed by atoms with van der Waals surface area (Å²) < 4.78 is 5.61. The fraction of sp³-hybridized carbons (Fsp3) is 0.533. The fourth-order valence-electron chi connectivity index (χ4n) is 1.53. The summed E-state index contributed by atoms with van der Waals surface area (Å²) in [7, 11) is 0. The van der Waals surface area contributed by atoms with Gasteiger partial charge in [0.1, 0.15) is 5.75 Å². The van der Waals surface area contributed by atoms with E-state index in [4.69, 9.17) is 9.84 Å². The van der Waals surface area contributed by atoms with Crippen LogP contribution in [0.15, 0.2) is 24.3 Å². The molecule has 0 heterocycles. The number of carboxylic acids is 1. The first kappa shape index (κ1) is 15.9. The minimum Gasteiger partial charge on any atom is -0.493 e. The van der Waals surface area contributed by atoms with Crippen molar-refractivity contribution in [1.82, 2.24) is 0 Å². The molecule has 0 spiro atoms. The Hall–Kier alpha value is -1.16. The normalized spacial score (nSPS) is 11.3. The molecule has 0 aliphatic heterocycles. The van der Waals surface area contributed by atoms with Gasteiger partial charge in [-0.25, -0.2) is 0 Å². The summed E-state index contributed by atoms with van der Waals surface area (Å²) in [6, 6.07) is 8.16. The Bertz CT molecular complexity index is 393. The third-order valence-electron chi connectivity index (χ3n) is 2.68. The van der Waals surface area contributed by atoms with Crippen LogP contribution in [-0.2, 0) is 10.2 Å². The van der Waals surface area contributed by atoms with Gasteiger partial charge >= 0.3 is 5.97 Å². The van der Waals surface area contributed by atoms with E-state index in [1.807, 2.05) is 12.1 Å². The molecular weight excluding hydrogens is 260 g/mol. The monoisotopic (exact) mass is 282 g/mol. The third-order valence-corrected chi connectivity index (χ3v) is 3.63. The molecule has 0 aromatic heterocycles. The van der Waals surface area contributed by atoms with Gasteiger partial charge in [-0.05, 0) is 23.1 Å². The zero-order valence-corrected chi connectivity index (χ0v) is 12.6. The van der Waals surface area contributed by atoms with Crippen LogP contribution in [0, 0.1) is 0 Å². The number of aliphatic carboxylic acids is 1. The summed E-state index contributed by atoms with van der Waals surface area (Å²) in [4.78, 5) is 10.3. The highest BCUT2D eigenvalue weighted by atomic mass is 32.2. The number of ether oxygens (including phenoxy) is 1. The molecular formula is C15H22O3S. The molecule has 3 nitrogen and oxygen atoms in total. The van der Waals surface area contributed by atoms with Crippen molar-refractivity contribution in [2.24, 2.45) is 0 Å². The lowest BCUT2D eigenvalue weighted by Crippen LogP contribution is -2.10. The first-order chi connectivity index (χ1) is 8.89. The Labute approximate surface area is 119 Å². The summed E-state index contributed by atoms with van der Waals surface area (Å²) in [6.45, 7) is 7.16. The highest BCUT2D eigenvalue weighted by molar-refractivity contribution is 7.99. The lowest BCUT2D eigenvalue weighted by molar-refractivity contribution is -0.136. The molecule has 0 saturated heterocycles. The minimum atomic E-state index is -0.744. The maximum absolute atomic E-state index is 10.3. The molecule has 0 amide bonds. The molecule has 1 N–H and O–H groups in total. The second-order valence-corrected chi connectivity index (χ2v) is 6.60. The molecule has 0 unspecified atom stereocenters. The number of hydrogen-bond acceptors (Lipinski definition) is 3. The minimum absolute atomic E-state index is 0.158. The van der Waals surface area contributed by atoms with E-state index in [-0.39, 0.29) is 11.8 Å². The lowest BCUT2D eigenvalue weighted by atomic mass is 9.87. The average Bonchev–Trinajstić information content (AvgIpc) is 2.32. The highest BCUT2D eigenvalue weighted by Crippen LogP contribution is 2.24.